The fourth-order valence-electron chi connectivity index (χ4n) is 4.25. The normalized spacial score (nSPS) is 43.7. The maximum Gasteiger partial charge on any atom is 0.0951 e. The molecule has 2 aliphatic heterocycles. The molecule has 3 nitrogen and oxygen atoms in total. The molecule has 2 heterocycles. The lowest BCUT2D eigenvalue weighted by atomic mass is 9.81. The molecule has 1 saturated carbocycles. The molecule has 0 bridgehead atoms. The molecule has 1 spiro atoms. The van der Waals surface area contributed by atoms with Crippen molar-refractivity contribution in [2.75, 3.05) is 19.8 Å². The van der Waals surface area contributed by atoms with Gasteiger partial charge in [0.2, 0.25) is 0 Å². The summed E-state index contributed by atoms with van der Waals surface area (Å²) >= 11 is 0. The van der Waals surface area contributed by atoms with Gasteiger partial charge < -0.3 is 14.8 Å². The highest BCUT2D eigenvalue weighted by Gasteiger charge is 2.41. The molecular weight excluding hydrogens is 238 g/mol. The summed E-state index contributed by atoms with van der Waals surface area (Å²) in [6.07, 6.45) is 10.4. The van der Waals surface area contributed by atoms with E-state index < -0.39 is 0 Å². The highest BCUT2D eigenvalue weighted by molar-refractivity contribution is 4.94. The van der Waals surface area contributed by atoms with Gasteiger partial charge in [-0.05, 0) is 31.6 Å². The molecule has 4 atom stereocenters. The van der Waals surface area contributed by atoms with E-state index in [4.69, 9.17) is 9.47 Å². The van der Waals surface area contributed by atoms with Gasteiger partial charge in [-0.3, -0.25) is 0 Å². The van der Waals surface area contributed by atoms with Crippen LogP contribution in [0.2, 0.25) is 0 Å². The molecule has 110 valence electrons. The first kappa shape index (κ1) is 13.8. The number of hydrogen-bond acceptors (Lipinski definition) is 3. The van der Waals surface area contributed by atoms with E-state index >= 15 is 0 Å². The second kappa shape index (κ2) is 6.11. The molecule has 4 unspecified atom stereocenters. The summed E-state index contributed by atoms with van der Waals surface area (Å²) in [4.78, 5) is 0. The average molecular weight is 267 g/mol. The summed E-state index contributed by atoms with van der Waals surface area (Å²) in [5.41, 5.74) is 0.0479. The van der Waals surface area contributed by atoms with Gasteiger partial charge in [0.25, 0.3) is 0 Å². The van der Waals surface area contributed by atoms with Crippen LogP contribution in [0.3, 0.4) is 0 Å². The third-order valence-electron chi connectivity index (χ3n) is 5.44. The zero-order valence-electron chi connectivity index (χ0n) is 12.3. The minimum atomic E-state index is 0.0479. The summed E-state index contributed by atoms with van der Waals surface area (Å²) in [6, 6.07) is 1.40. The molecular formula is C16H29NO2. The standard InChI is InChI=1S/C16H29NO2/c1-2-13-5-3-4-6-15(13)17-14-7-9-19-16(11-14)8-10-18-12-16/h13-15,17H,2-12H2,1H3. The molecule has 3 heteroatoms. The summed E-state index contributed by atoms with van der Waals surface area (Å²) in [7, 11) is 0. The Balaban J connectivity index is 1.56. The molecule has 3 rings (SSSR count). The lowest BCUT2D eigenvalue weighted by Crippen LogP contribution is -2.52. The number of hydrogen-bond donors (Lipinski definition) is 1. The molecule has 0 radical (unpaired) electrons. The predicted octanol–water partition coefficient (Wildman–Crippen LogP) is 2.88. The molecule has 0 amide bonds. The molecule has 1 N–H and O–H groups in total. The second-order valence-corrected chi connectivity index (χ2v) is 6.75. The Morgan fingerprint density at radius 3 is 2.84 bits per heavy atom. The first-order chi connectivity index (χ1) is 9.31. The van der Waals surface area contributed by atoms with Crippen LogP contribution in [-0.4, -0.2) is 37.5 Å². The van der Waals surface area contributed by atoms with E-state index in [1.165, 1.54) is 38.5 Å². The maximum atomic E-state index is 6.03. The second-order valence-electron chi connectivity index (χ2n) is 6.75. The number of nitrogens with one attached hydrogen (secondary N) is 1. The topological polar surface area (TPSA) is 30.5 Å². The van der Waals surface area contributed by atoms with Crippen molar-refractivity contribution in [3.05, 3.63) is 0 Å². The van der Waals surface area contributed by atoms with Gasteiger partial charge in [-0.15, -0.1) is 0 Å². The Kier molecular flexibility index (Phi) is 4.45. The van der Waals surface area contributed by atoms with Crippen molar-refractivity contribution < 1.29 is 9.47 Å². The first-order valence-corrected chi connectivity index (χ1v) is 8.29. The van der Waals surface area contributed by atoms with Crippen molar-refractivity contribution in [1.82, 2.24) is 5.32 Å². The van der Waals surface area contributed by atoms with Gasteiger partial charge in [-0.25, -0.2) is 0 Å². The number of rotatable bonds is 3. The zero-order chi connectivity index (χ0) is 13.1. The van der Waals surface area contributed by atoms with E-state index in [1.807, 2.05) is 0 Å². The van der Waals surface area contributed by atoms with Gasteiger partial charge in [0.15, 0.2) is 0 Å². The lowest BCUT2D eigenvalue weighted by Gasteiger charge is -2.41. The van der Waals surface area contributed by atoms with E-state index in [0.29, 0.717) is 6.04 Å². The third kappa shape index (κ3) is 3.14. The average Bonchev–Trinajstić information content (AvgIpc) is 2.87. The summed E-state index contributed by atoms with van der Waals surface area (Å²) in [5.74, 6) is 0.896. The van der Waals surface area contributed by atoms with Gasteiger partial charge in [0.1, 0.15) is 0 Å². The minimum absolute atomic E-state index is 0.0479. The van der Waals surface area contributed by atoms with Crippen molar-refractivity contribution >= 4 is 0 Å². The Morgan fingerprint density at radius 2 is 2.05 bits per heavy atom. The van der Waals surface area contributed by atoms with Crippen LogP contribution >= 0.6 is 0 Å². The fraction of sp³-hybridized carbons (Fsp3) is 1.00. The van der Waals surface area contributed by atoms with Crippen LogP contribution < -0.4 is 5.32 Å². The van der Waals surface area contributed by atoms with Crippen LogP contribution in [0.5, 0.6) is 0 Å². The van der Waals surface area contributed by atoms with Crippen molar-refractivity contribution in [2.24, 2.45) is 5.92 Å². The Labute approximate surface area is 117 Å². The van der Waals surface area contributed by atoms with E-state index in [1.54, 1.807) is 0 Å². The largest absolute Gasteiger partial charge is 0.378 e. The first-order valence-electron chi connectivity index (χ1n) is 8.29. The Morgan fingerprint density at radius 1 is 1.16 bits per heavy atom. The molecule has 0 aromatic carbocycles. The van der Waals surface area contributed by atoms with Gasteiger partial charge in [-0.1, -0.05) is 26.2 Å². The Bertz CT molecular complexity index is 288. The summed E-state index contributed by atoms with van der Waals surface area (Å²) < 4.78 is 11.6. The summed E-state index contributed by atoms with van der Waals surface area (Å²) in [5, 5.41) is 3.97. The van der Waals surface area contributed by atoms with Gasteiger partial charge in [0, 0.05) is 31.7 Å². The van der Waals surface area contributed by atoms with Gasteiger partial charge >= 0.3 is 0 Å². The van der Waals surface area contributed by atoms with E-state index in [0.717, 1.165) is 44.6 Å². The highest BCUT2D eigenvalue weighted by Crippen LogP contribution is 2.34. The van der Waals surface area contributed by atoms with Crippen LogP contribution in [-0.2, 0) is 9.47 Å². The molecule has 3 aliphatic rings. The monoisotopic (exact) mass is 267 g/mol. The van der Waals surface area contributed by atoms with Gasteiger partial charge in [0.05, 0.1) is 12.2 Å². The van der Waals surface area contributed by atoms with Crippen molar-refractivity contribution in [3.63, 3.8) is 0 Å². The molecule has 2 saturated heterocycles. The fourth-order valence-corrected chi connectivity index (χ4v) is 4.25. The third-order valence-corrected chi connectivity index (χ3v) is 5.44. The van der Waals surface area contributed by atoms with E-state index in [-0.39, 0.29) is 5.60 Å². The maximum absolute atomic E-state index is 6.03. The molecule has 1 aliphatic carbocycles. The van der Waals surface area contributed by atoms with Crippen LogP contribution in [0.4, 0.5) is 0 Å². The molecule has 0 aromatic rings. The number of ether oxygens (including phenoxy) is 2. The van der Waals surface area contributed by atoms with Crippen molar-refractivity contribution in [2.45, 2.75) is 76.0 Å². The molecule has 3 fully saturated rings. The predicted molar refractivity (Wildman–Crippen MR) is 76.3 cm³/mol. The molecule has 0 aromatic heterocycles. The highest BCUT2D eigenvalue weighted by atomic mass is 16.6. The van der Waals surface area contributed by atoms with Crippen molar-refractivity contribution in [1.29, 1.82) is 0 Å². The Hall–Kier alpha value is -0.120. The van der Waals surface area contributed by atoms with Crippen LogP contribution in [0.25, 0.3) is 0 Å². The van der Waals surface area contributed by atoms with Crippen LogP contribution in [0, 0.1) is 5.92 Å². The SMILES string of the molecule is CCC1CCCCC1NC1CCOC2(CCOC2)C1. The van der Waals surface area contributed by atoms with Crippen molar-refractivity contribution in [3.8, 4) is 0 Å². The van der Waals surface area contributed by atoms with E-state index in [2.05, 4.69) is 12.2 Å². The lowest BCUT2D eigenvalue weighted by molar-refractivity contribution is -0.0914. The zero-order valence-corrected chi connectivity index (χ0v) is 12.3. The molecule has 19 heavy (non-hydrogen) atoms. The van der Waals surface area contributed by atoms with Crippen LogP contribution in [0.15, 0.2) is 0 Å². The minimum Gasteiger partial charge on any atom is -0.378 e. The quantitative estimate of drug-likeness (QED) is 0.853. The van der Waals surface area contributed by atoms with Gasteiger partial charge in [-0.2, -0.15) is 0 Å². The van der Waals surface area contributed by atoms with E-state index in [9.17, 15) is 0 Å². The van der Waals surface area contributed by atoms with Crippen LogP contribution in [0.1, 0.15) is 58.3 Å². The summed E-state index contributed by atoms with van der Waals surface area (Å²) in [6.45, 7) is 4.95. The smallest absolute Gasteiger partial charge is 0.0951 e.